The van der Waals surface area contributed by atoms with Gasteiger partial charge >= 0.3 is 23.9 Å². The molecule has 14 heteroatoms. The molecule has 14 nitrogen and oxygen atoms in total. The summed E-state index contributed by atoms with van der Waals surface area (Å²) in [4.78, 5) is 59.5. The van der Waals surface area contributed by atoms with Crippen LogP contribution in [-0.4, -0.2) is 103 Å². The molecule has 470 valence electrons. The lowest BCUT2D eigenvalue weighted by Crippen LogP contribution is -2.47. The van der Waals surface area contributed by atoms with E-state index in [1.54, 1.807) is 49.6 Å². The first-order chi connectivity index (χ1) is 39.0. The Balaban J connectivity index is 0.000000549. The van der Waals surface area contributed by atoms with Gasteiger partial charge < -0.3 is 42.6 Å². The summed E-state index contributed by atoms with van der Waals surface area (Å²) in [6.45, 7) is 40.6. The highest BCUT2D eigenvalue weighted by atomic mass is 16.6. The molecule has 2 atom stereocenters. The second-order valence-corrected chi connectivity index (χ2v) is 24.9. The van der Waals surface area contributed by atoms with Crippen molar-refractivity contribution in [1.82, 2.24) is 0 Å². The molecule has 2 aliphatic rings. The van der Waals surface area contributed by atoms with E-state index < -0.39 is 5.41 Å². The molecule has 2 saturated heterocycles. The van der Waals surface area contributed by atoms with Gasteiger partial charge in [0.15, 0.2) is 5.78 Å². The van der Waals surface area contributed by atoms with Gasteiger partial charge in [-0.1, -0.05) is 119 Å². The second kappa shape index (κ2) is 37.1. The number of carbonyl (C=O) groups excluding carboxylic acids is 5. The first-order valence-electron chi connectivity index (χ1n) is 30.4. The predicted molar refractivity (Wildman–Crippen MR) is 331 cm³/mol. The van der Waals surface area contributed by atoms with E-state index in [0.29, 0.717) is 65.9 Å². The van der Waals surface area contributed by atoms with Crippen LogP contribution in [0.15, 0.2) is 72.8 Å². The van der Waals surface area contributed by atoms with Gasteiger partial charge in [0.1, 0.15) is 49.8 Å². The smallest absolute Gasteiger partial charge is 0.311 e. The molecule has 2 aliphatic heterocycles. The van der Waals surface area contributed by atoms with E-state index in [9.17, 15) is 24.0 Å². The number of unbranched alkanes of at least 4 members (excludes halogenated alkanes) is 1. The summed E-state index contributed by atoms with van der Waals surface area (Å²) in [6, 6.07) is 22.5. The molecule has 0 saturated carbocycles. The Morgan fingerprint density at radius 1 is 0.590 bits per heavy atom. The normalized spacial score (nSPS) is 14.7. The van der Waals surface area contributed by atoms with Crippen molar-refractivity contribution in [3.63, 3.8) is 0 Å². The second-order valence-electron chi connectivity index (χ2n) is 24.9. The fourth-order valence-electron chi connectivity index (χ4n) is 7.01. The van der Waals surface area contributed by atoms with E-state index in [4.69, 9.17) is 42.6 Å². The molecule has 0 N–H and O–H groups in total. The van der Waals surface area contributed by atoms with Crippen LogP contribution in [0.5, 0.6) is 17.2 Å². The van der Waals surface area contributed by atoms with Crippen molar-refractivity contribution < 1.29 is 66.6 Å². The lowest BCUT2D eigenvalue weighted by atomic mass is 9.82. The van der Waals surface area contributed by atoms with Crippen LogP contribution in [0.25, 0.3) is 0 Å². The standard InChI is InChI=1S/C23H28O6.C14H28O2.C12H22O3.C11H16.C9H16O3/c1-6-23(2,3)22(25)29-14-13-28-17-9-7-16(8-10-17)21(24)19-12-11-18(26-4)15-20(19)27-5;1-6-9-10-12(7-2)11-16-13(15)14(4,5)8-3;1-5-11(3,4)10(13)15-9-12(6-2)7-14-8-12;1-4-11(2,3)10-8-6-5-7-9-10;1-4-9(2,3)8(10)12-6-7-5-11-7/h7-12,15H,6,13-14H2,1-5H3;12H,6-11H2,1-5H3;5-9H2,1-4H3;5-9H,4H2,1-3H3;7H,4-6H2,1-3H3. The number of ketones is 1. The third kappa shape index (κ3) is 27.0. The summed E-state index contributed by atoms with van der Waals surface area (Å²) < 4.78 is 47.2. The zero-order valence-corrected chi connectivity index (χ0v) is 55.0. The summed E-state index contributed by atoms with van der Waals surface area (Å²) in [5.74, 6) is 1.53. The molecule has 2 fully saturated rings. The first kappa shape index (κ1) is 75.5. The average molecular weight is 1160 g/mol. The van der Waals surface area contributed by atoms with Crippen molar-refractivity contribution in [2.45, 2.75) is 200 Å². The van der Waals surface area contributed by atoms with Gasteiger partial charge in [0, 0.05) is 11.6 Å². The third-order valence-electron chi connectivity index (χ3n) is 16.4. The summed E-state index contributed by atoms with van der Waals surface area (Å²) in [7, 11) is 3.07. The van der Waals surface area contributed by atoms with Crippen molar-refractivity contribution in [1.29, 1.82) is 0 Å². The molecule has 0 aliphatic carbocycles. The number of esters is 4. The molecule has 0 amide bonds. The lowest BCUT2D eigenvalue weighted by Gasteiger charge is -2.40. The van der Waals surface area contributed by atoms with Crippen molar-refractivity contribution in [2.75, 3.05) is 67.1 Å². The molecule has 0 aromatic heterocycles. The Labute approximate surface area is 501 Å². The van der Waals surface area contributed by atoms with Crippen LogP contribution in [0, 0.1) is 33.0 Å². The molecule has 83 heavy (non-hydrogen) atoms. The molecule has 0 bridgehead atoms. The van der Waals surface area contributed by atoms with Crippen LogP contribution in [0.1, 0.15) is 210 Å². The average Bonchev–Trinajstić information content (AvgIpc) is 4.44. The largest absolute Gasteiger partial charge is 0.497 e. The maximum absolute atomic E-state index is 12.8. The molecule has 3 aromatic rings. The zero-order chi connectivity index (χ0) is 63.1. The predicted octanol–water partition coefficient (Wildman–Crippen LogP) is 15.6. The number of hydrogen-bond acceptors (Lipinski definition) is 14. The Morgan fingerprint density at radius 2 is 1.10 bits per heavy atom. The van der Waals surface area contributed by atoms with E-state index in [1.807, 2.05) is 83.1 Å². The van der Waals surface area contributed by atoms with E-state index in [1.165, 1.54) is 38.4 Å². The maximum atomic E-state index is 12.8. The van der Waals surface area contributed by atoms with Crippen LogP contribution >= 0.6 is 0 Å². The van der Waals surface area contributed by atoms with E-state index >= 15 is 0 Å². The highest BCUT2D eigenvalue weighted by Gasteiger charge is 2.40. The van der Waals surface area contributed by atoms with Gasteiger partial charge in [-0.05, 0) is 154 Å². The van der Waals surface area contributed by atoms with Gasteiger partial charge in [-0.15, -0.1) is 0 Å². The van der Waals surface area contributed by atoms with Gasteiger partial charge in [-0.3, -0.25) is 24.0 Å². The fraction of sp³-hybridized carbons (Fsp3) is 0.667. The molecule has 0 radical (unpaired) electrons. The molecule has 0 spiro atoms. The Morgan fingerprint density at radius 3 is 1.53 bits per heavy atom. The minimum absolute atomic E-state index is 0.0510. The van der Waals surface area contributed by atoms with Crippen molar-refractivity contribution in [3.05, 3.63) is 89.5 Å². The summed E-state index contributed by atoms with van der Waals surface area (Å²) in [5, 5.41) is 0. The monoisotopic (exact) mass is 1160 g/mol. The highest BCUT2D eigenvalue weighted by molar-refractivity contribution is 6.10. The zero-order valence-electron chi connectivity index (χ0n) is 55.0. The molecule has 2 heterocycles. The Kier molecular flexibility index (Phi) is 33.7. The number of rotatable bonds is 29. The van der Waals surface area contributed by atoms with Crippen LogP contribution < -0.4 is 14.2 Å². The quantitative estimate of drug-likeness (QED) is 0.0211. The molecule has 2 unspecified atom stereocenters. The Hall–Kier alpha value is -5.47. The van der Waals surface area contributed by atoms with Gasteiger partial charge in [0.2, 0.25) is 0 Å². The van der Waals surface area contributed by atoms with Crippen LogP contribution in [0.2, 0.25) is 0 Å². The van der Waals surface area contributed by atoms with E-state index in [0.717, 1.165) is 51.9 Å². The molecule has 3 aromatic carbocycles. The minimum Gasteiger partial charge on any atom is -0.497 e. The third-order valence-corrected chi connectivity index (χ3v) is 16.4. The molecular weight excluding hydrogens is 1050 g/mol. The number of carbonyl (C=O) groups is 5. The fourth-order valence-corrected chi connectivity index (χ4v) is 7.01. The van der Waals surface area contributed by atoms with Crippen LogP contribution in [0.3, 0.4) is 0 Å². The number of hydrogen-bond donors (Lipinski definition) is 0. The van der Waals surface area contributed by atoms with Gasteiger partial charge in [0.05, 0.1) is 73.3 Å². The SMILES string of the molecule is CCC(C)(C)C(=O)OCC1CO1.CCC(C)(C)C(=O)OCCOc1ccc(C(=O)c2ccc(OC)cc2OC)cc1.CCC(C)(C)c1ccccc1.CCC1(COC(=O)C(C)(C)CC)COC1.CCCCC(CC)COC(=O)C(C)(C)CC. The van der Waals surface area contributed by atoms with Crippen molar-refractivity contribution in [3.8, 4) is 17.2 Å². The summed E-state index contributed by atoms with van der Waals surface area (Å²) >= 11 is 0. The highest BCUT2D eigenvalue weighted by Crippen LogP contribution is 2.34. The summed E-state index contributed by atoms with van der Waals surface area (Å²) in [5.41, 5.74) is 1.29. The van der Waals surface area contributed by atoms with Crippen molar-refractivity contribution in [2.24, 2.45) is 33.0 Å². The number of methoxy groups -OCH3 is 2. The number of benzene rings is 3. The minimum atomic E-state index is -0.496. The molecule has 5 rings (SSSR count). The van der Waals surface area contributed by atoms with E-state index in [-0.39, 0.29) is 70.6 Å². The Bertz CT molecular complexity index is 2340. The van der Waals surface area contributed by atoms with Crippen LogP contribution in [0.4, 0.5) is 0 Å². The van der Waals surface area contributed by atoms with E-state index in [2.05, 4.69) is 71.9 Å². The molecular formula is C69H110O14. The van der Waals surface area contributed by atoms with Crippen LogP contribution in [-0.2, 0) is 53.0 Å². The van der Waals surface area contributed by atoms with Crippen molar-refractivity contribution >= 4 is 29.7 Å². The number of ether oxygens (including phenoxy) is 9. The number of epoxide rings is 1. The van der Waals surface area contributed by atoms with Gasteiger partial charge in [-0.25, -0.2) is 0 Å². The first-order valence-corrected chi connectivity index (χ1v) is 30.4. The topological polar surface area (TPSA) is 172 Å². The maximum Gasteiger partial charge on any atom is 0.311 e. The van der Waals surface area contributed by atoms with Gasteiger partial charge in [0.25, 0.3) is 0 Å². The summed E-state index contributed by atoms with van der Waals surface area (Å²) in [6.07, 6.45) is 10.2. The van der Waals surface area contributed by atoms with Gasteiger partial charge in [-0.2, -0.15) is 0 Å². The lowest BCUT2D eigenvalue weighted by molar-refractivity contribution is -0.178.